The van der Waals surface area contributed by atoms with E-state index in [1.54, 1.807) is 6.92 Å². The summed E-state index contributed by atoms with van der Waals surface area (Å²) in [4.78, 5) is 24.8. The Balaban J connectivity index is 1.73. The molecule has 0 saturated heterocycles. The van der Waals surface area contributed by atoms with Crippen LogP contribution < -0.4 is 14.1 Å². The van der Waals surface area contributed by atoms with Crippen LogP contribution in [0, 0.1) is 10.1 Å². The number of hydrogen-bond donors (Lipinski definition) is 0. The fourth-order valence-electron chi connectivity index (χ4n) is 3.25. The predicted molar refractivity (Wildman–Crippen MR) is 110 cm³/mol. The van der Waals surface area contributed by atoms with Crippen molar-refractivity contribution in [3.8, 4) is 5.75 Å². The monoisotopic (exact) mass is 458 g/mol. The molecule has 2 aliphatic heterocycles. The van der Waals surface area contributed by atoms with Crippen molar-refractivity contribution >= 4 is 42.8 Å². The summed E-state index contributed by atoms with van der Waals surface area (Å²) in [5.41, 5.74) is 2.32. The number of esters is 1. The molecule has 1 unspecified atom stereocenters. The van der Waals surface area contributed by atoms with E-state index in [2.05, 4.69) is 17.5 Å². The van der Waals surface area contributed by atoms with Gasteiger partial charge in [-0.25, -0.2) is 0 Å². The maximum atomic E-state index is 11.8. The average Bonchev–Trinajstić information content (AvgIpc) is 2.97. The maximum absolute atomic E-state index is 11.8. The number of rotatable bonds is 4. The van der Waals surface area contributed by atoms with Crippen LogP contribution in [-0.4, -0.2) is 37.5 Å². The van der Waals surface area contributed by atoms with Crippen LogP contribution >= 0.6 is 0 Å². The number of hydrogen-bond acceptors (Lipinski definition) is 6. The molecular weight excluding hydrogens is 439 g/mol. The molecule has 2 aromatic rings. The standard InChI is InChI=1S/C21H18N2O5Se/c1-13(2)20(24)27-12-15-11-16(23(25)26)10-14-8-9-21(28-19(14)15)22(3)17-6-4-5-7-18(17)29-21/h4-11H,1,12H2,2-3H3. The summed E-state index contributed by atoms with van der Waals surface area (Å²) in [5.74, 6) is -0.0601. The molecular formula is C21H18N2O5Se. The molecule has 2 aromatic carbocycles. The van der Waals surface area contributed by atoms with Crippen molar-refractivity contribution in [1.29, 1.82) is 0 Å². The minimum atomic E-state index is -0.674. The van der Waals surface area contributed by atoms with Crippen molar-refractivity contribution < 1.29 is 19.2 Å². The van der Waals surface area contributed by atoms with Gasteiger partial charge in [0.1, 0.15) is 0 Å². The number of anilines is 1. The zero-order valence-electron chi connectivity index (χ0n) is 15.9. The Morgan fingerprint density at radius 1 is 1.38 bits per heavy atom. The number of para-hydroxylation sites is 1. The van der Waals surface area contributed by atoms with E-state index < -0.39 is 15.5 Å². The molecule has 0 saturated carbocycles. The van der Waals surface area contributed by atoms with E-state index in [1.165, 1.54) is 16.6 Å². The third-order valence-electron chi connectivity index (χ3n) is 4.77. The molecule has 1 atom stereocenters. The molecule has 4 rings (SSSR count). The molecule has 1 spiro atoms. The molecule has 7 nitrogen and oxygen atoms in total. The number of likely N-dealkylation sites (N-methyl/N-ethyl adjacent to an activating group) is 1. The van der Waals surface area contributed by atoms with Crippen LogP contribution in [0.5, 0.6) is 5.75 Å². The Hall–Kier alpha value is -3.09. The zero-order valence-corrected chi connectivity index (χ0v) is 17.6. The number of carbonyl (C=O) groups is 1. The van der Waals surface area contributed by atoms with Gasteiger partial charge in [0.15, 0.2) is 0 Å². The van der Waals surface area contributed by atoms with Gasteiger partial charge in [0.2, 0.25) is 0 Å². The number of ether oxygens (including phenoxy) is 2. The normalized spacial score (nSPS) is 18.8. The molecule has 0 radical (unpaired) electrons. The Kier molecular flexibility index (Phi) is 4.68. The zero-order chi connectivity index (χ0) is 20.8. The van der Waals surface area contributed by atoms with E-state index >= 15 is 0 Å². The molecule has 8 heteroatoms. The van der Waals surface area contributed by atoms with Crippen LogP contribution in [-0.2, 0) is 16.1 Å². The van der Waals surface area contributed by atoms with Gasteiger partial charge in [-0.1, -0.05) is 0 Å². The van der Waals surface area contributed by atoms with Crippen LogP contribution in [0.4, 0.5) is 11.4 Å². The summed E-state index contributed by atoms with van der Waals surface area (Å²) < 4.78 is 12.3. The quantitative estimate of drug-likeness (QED) is 0.231. The minimum absolute atomic E-state index is 0.0417. The number of nitro groups is 1. The first kappa shape index (κ1) is 19.2. The van der Waals surface area contributed by atoms with Gasteiger partial charge in [-0.3, -0.25) is 0 Å². The Labute approximate surface area is 173 Å². The van der Waals surface area contributed by atoms with Crippen molar-refractivity contribution in [2.24, 2.45) is 0 Å². The summed E-state index contributed by atoms with van der Waals surface area (Å²) in [6.07, 6.45) is 3.79. The summed E-state index contributed by atoms with van der Waals surface area (Å²) in [6, 6.07) is 11.0. The van der Waals surface area contributed by atoms with Gasteiger partial charge in [-0.2, -0.15) is 0 Å². The molecule has 0 fully saturated rings. The van der Waals surface area contributed by atoms with Crippen molar-refractivity contribution in [2.75, 3.05) is 11.9 Å². The fraction of sp³-hybridized carbons (Fsp3) is 0.190. The van der Waals surface area contributed by atoms with E-state index in [-0.39, 0.29) is 32.8 Å². The van der Waals surface area contributed by atoms with Gasteiger partial charge < -0.3 is 0 Å². The van der Waals surface area contributed by atoms with Gasteiger partial charge in [-0.05, 0) is 0 Å². The predicted octanol–water partition coefficient (Wildman–Crippen LogP) is 2.75. The van der Waals surface area contributed by atoms with Gasteiger partial charge in [0.25, 0.3) is 0 Å². The first-order chi connectivity index (χ1) is 13.8. The van der Waals surface area contributed by atoms with Crippen molar-refractivity contribution in [2.45, 2.75) is 18.2 Å². The third kappa shape index (κ3) is 3.30. The summed E-state index contributed by atoms with van der Waals surface area (Å²) in [5, 5.41) is 11.3. The first-order valence-corrected chi connectivity index (χ1v) is 10.6. The summed E-state index contributed by atoms with van der Waals surface area (Å²) >= 11 is -0.0417. The van der Waals surface area contributed by atoms with Crippen LogP contribution in [0.25, 0.3) is 6.08 Å². The van der Waals surface area contributed by atoms with E-state index in [4.69, 9.17) is 9.47 Å². The summed E-state index contributed by atoms with van der Waals surface area (Å²) in [6.45, 7) is 4.97. The van der Waals surface area contributed by atoms with E-state index in [0.29, 0.717) is 16.9 Å². The van der Waals surface area contributed by atoms with E-state index in [0.717, 1.165) is 5.69 Å². The molecule has 0 N–H and O–H groups in total. The second kappa shape index (κ2) is 7.06. The van der Waals surface area contributed by atoms with Crippen molar-refractivity contribution in [3.63, 3.8) is 0 Å². The van der Waals surface area contributed by atoms with Crippen LogP contribution in [0.15, 0.2) is 54.6 Å². The number of carbonyl (C=O) groups excluding carboxylic acids is 1. The van der Waals surface area contributed by atoms with Crippen molar-refractivity contribution in [3.05, 3.63) is 75.9 Å². The third-order valence-corrected chi connectivity index (χ3v) is 7.60. The van der Waals surface area contributed by atoms with E-state index in [1.807, 2.05) is 37.4 Å². The van der Waals surface area contributed by atoms with Crippen LogP contribution in [0.2, 0.25) is 0 Å². The van der Waals surface area contributed by atoms with Crippen LogP contribution in [0.1, 0.15) is 18.1 Å². The second-order valence-corrected chi connectivity index (χ2v) is 9.41. The summed E-state index contributed by atoms with van der Waals surface area (Å²) in [7, 11) is 1.97. The molecule has 148 valence electrons. The SMILES string of the molecule is C=C(C)C(=O)OCc1cc([N+](=O)[O-])cc2c1OC1(C=C2)[Se]c2ccccc2N1C. The van der Waals surface area contributed by atoms with E-state index in [9.17, 15) is 14.9 Å². The van der Waals surface area contributed by atoms with Gasteiger partial charge in [0, 0.05) is 0 Å². The molecule has 2 heterocycles. The molecule has 0 bridgehead atoms. The Morgan fingerprint density at radius 2 is 2.14 bits per heavy atom. The molecule has 0 aromatic heterocycles. The number of fused-ring (bicyclic) bond motifs is 2. The van der Waals surface area contributed by atoms with Crippen molar-refractivity contribution in [1.82, 2.24) is 0 Å². The molecule has 2 aliphatic rings. The number of nitro benzene ring substituents is 1. The number of benzene rings is 2. The first-order valence-electron chi connectivity index (χ1n) is 8.85. The van der Waals surface area contributed by atoms with Gasteiger partial charge in [-0.15, -0.1) is 0 Å². The van der Waals surface area contributed by atoms with Gasteiger partial charge >= 0.3 is 174 Å². The molecule has 0 aliphatic carbocycles. The molecule has 0 amide bonds. The molecule has 29 heavy (non-hydrogen) atoms. The topological polar surface area (TPSA) is 81.9 Å². The Morgan fingerprint density at radius 3 is 2.83 bits per heavy atom. The van der Waals surface area contributed by atoms with Gasteiger partial charge in [0.05, 0.1) is 0 Å². The number of non-ortho nitro benzene ring substituents is 1. The Bertz CT molecular complexity index is 1080. The number of nitrogens with zero attached hydrogens (tertiary/aromatic N) is 2. The average molecular weight is 457 g/mol. The fourth-order valence-corrected chi connectivity index (χ4v) is 5.91. The van der Waals surface area contributed by atoms with Crippen LogP contribution in [0.3, 0.4) is 0 Å². The second-order valence-electron chi connectivity index (χ2n) is 6.83.